The number of rotatable bonds is 1. The average Bonchev–Trinajstić information content (AvgIpc) is 2.14. The lowest BCUT2D eigenvalue weighted by Crippen LogP contribution is -2.21. The summed E-state index contributed by atoms with van der Waals surface area (Å²) in [7, 11) is 0. The zero-order chi connectivity index (χ0) is 6.85. The average molecular weight is 123 g/mol. The minimum absolute atomic E-state index is 0.505. The second-order valence-corrected chi connectivity index (χ2v) is 2.67. The van der Waals surface area contributed by atoms with Gasteiger partial charge < -0.3 is 5.32 Å². The van der Waals surface area contributed by atoms with Crippen LogP contribution in [0.3, 0.4) is 0 Å². The quantitative estimate of drug-likeness (QED) is 0.524. The van der Waals surface area contributed by atoms with Crippen molar-refractivity contribution in [2.75, 3.05) is 0 Å². The Labute approximate surface area is 56.5 Å². The predicted molar refractivity (Wildman–Crippen MR) is 40.1 cm³/mol. The predicted octanol–water partition coefficient (Wildman–Crippen LogP) is 1.83. The summed E-state index contributed by atoms with van der Waals surface area (Å²) in [6.45, 7) is 8.02. The van der Waals surface area contributed by atoms with Gasteiger partial charge in [0.1, 0.15) is 0 Å². The molecule has 1 aliphatic rings. The van der Waals surface area contributed by atoms with E-state index in [-0.39, 0.29) is 0 Å². The first kappa shape index (κ1) is 6.40. The molecule has 1 nitrogen and oxygen atoms in total. The van der Waals surface area contributed by atoms with Gasteiger partial charge in [0.15, 0.2) is 0 Å². The minimum atomic E-state index is 0.505. The normalized spacial score (nSPS) is 25.1. The highest BCUT2D eigenvalue weighted by Gasteiger charge is 2.11. The lowest BCUT2D eigenvalue weighted by molar-refractivity contribution is 0.698. The van der Waals surface area contributed by atoms with Crippen LogP contribution in [-0.2, 0) is 0 Å². The monoisotopic (exact) mass is 123 g/mol. The van der Waals surface area contributed by atoms with Crippen LogP contribution in [0.5, 0.6) is 0 Å². The standard InChI is InChI=1S/C8H13N/c1-6(2)8-5-4-7(3)9-8/h4,8-9H,1,5H2,2-3H3. The van der Waals surface area contributed by atoms with Crippen molar-refractivity contribution in [2.45, 2.75) is 26.3 Å². The molecule has 0 radical (unpaired) electrons. The van der Waals surface area contributed by atoms with Crippen LogP contribution in [0.2, 0.25) is 0 Å². The summed E-state index contributed by atoms with van der Waals surface area (Å²) in [5.41, 5.74) is 2.51. The summed E-state index contributed by atoms with van der Waals surface area (Å²) in [6, 6.07) is 0.505. The van der Waals surface area contributed by atoms with Crippen LogP contribution in [-0.4, -0.2) is 6.04 Å². The smallest absolute Gasteiger partial charge is 0.0500 e. The molecule has 1 heteroatoms. The zero-order valence-electron chi connectivity index (χ0n) is 6.07. The molecule has 0 aromatic carbocycles. The van der Waals surface area contributed by atoms with Gasteiger partial charge in [-0.1, -0.05) is 18.2 Å². The third kappa shape index (κ3) is 1.35. The summed E-state index contributed by atoms with van der Waals surface area (Å²) < 4.78 is 0. The maximum absolute atomic E-state index is 3.88. The van der Waals surface area contributed by atoms with Crippen molar-refractivity contribution >= 4 is 0 Å². The molecule has 1 unspecified atom stereocenters. The van der Waals surface area contributed by atoms with Gasteiger partial charge in [0.25, 0.3) is 0 Å². The third-order valence-corrected chi connectivity index (χ3v) is 1.66. The summed E-state index contributed by atoms with van der Waals surface area (Å²) in [5.74, 6) is 0. The molecule has 0 spiro atoms. The number of hydrogen-bond acceptors (Lipinski definition) is 1. The first-order chi connectivity index (χ1) is 4.20. The molecule has 0 aromatic heterocycles. The maximum Gasteiger partial charge on any atom is 0.0500 e. The summed E-state index contributed by atoms with van der Waals surface area (Å²) >= 11 is 0. The van der Waals surface area contributed by atoms with Crippen LogP contribution >= 0.6 is 0 Å². The second-order valence-electron chi connectivity index (χ2n) is 2.67. The lowest BCUT2D eigenvalue weighted by Gasteiger charge is -2.10. The third-order valence-electron chi connectivity index (χ3n) is 1.66. The highest BCUT2D eigenvalue weighted by atomic mass is 14.9. The first-order valence-corrected chi connectivity index (χ1v) is 3.29. The second kappa shape index (κ2) is 2.26. The van der Waals surface area contributed by atoms with Crippen molar-refractivity contribution in [1.82, 2.24) is 5.32 Å². The molecule has 9 heavy (non-hydrogen) atoms. The molecule has 0 bridgehead atoms. The summed E-state index contributed by atoms with van der Waals surface area (Å²) in [5, 5.41) is 3.31. The highest BCUT2D eigenvalue weighted by Crippen LogP contribution is 2.13. The molecular formula is C8H13N. The van der Waals surface area contributed by atoms with Gasteiger partial charge in [0, 0.05) is 11.7 Å². The van der Waals surface area contributed by atoms with Crippen molar-refractivity contribution in [3.63, 3.8) is 0 Å². The van der Waals surface area contributed by atoms with E-state index in [4.69, 9.17) is 0 Å². The Bertz CT molecular complexity index is 156. The van der Waals surface area contributed by atoms with Crippen molar-refractivity contribution in [3.05, 3.63) is 23.9 Å². The van der Waals surface area contributed by atoms with Crippen LogP contribution in [0.1, 0.15) is 20.3 Å². The van der Waals surface area contributed by atoms with E-state index in [9.17, 15) is 0 Å². The molecule has 0 saturated carbocycles. The Balaban J connectivity index is 2.47. The highest BCUT2D eigenvalue weighted by molar-refractivity contribution is 5.16. The molecule has 0 aliphatic carbocycles. The van der Waals surface area contributed by atoms with E-state index in [1.54, 1.807) is 0 Å². The van der Waals surface area contributed by atoms with E-state index in [2.05, 4.69) is 31.8 Å². The molecular weight excluding hydrogens is 110 g/mol. The molecule has 1 aliphatic heterocycles. The SMILES string of the molecule is C=C(C)C1CC=C(C)N1. The maximum atomic E-state index is 3.88. The van der Waals surface area contributed by atoms with Gasteiger partial charge in [-0.2, -0.15) is 0 Å². The topological polar surface area (TPSA) is 12.0 Å². The Kier molecular flexibility index (Phi) is 1.60. The van der Waals surface area contributed by atoms with Gasteiger partial charge >= 0.3 is 0 Å². The van der Waals surface area contributed by atoms with Crippen LogP contribution in [0.4, 0.5) is 0 Å². The van der Waals surface area contributed by atoms with Crippen molar-refractivity contribution < 1.29 is 0 Å². The fourth-order valence-electron chi connectivity index (χ4n) is 1.01. The Morgan fingerprint density at radius 3 is 2.78 bits per heavy atom. The molecule has 1 atom stereocenters. The molecule has 0 amide bonds. The lowest BCUT2D eigenvalue weighted by atomic mass is 10.1. The van der Waals surface area contributed by atoms with Crippen LogP contribution in [0, 0.1) is 0 Å². The molecule has 1 heterocycles. The Morgan fingerprint density at radius 2 is 2.56 bits per heavy atom. The van der Waals surface area contributed by atoms with Gasteiger partial charge in [0.2, 0.25) is 0 Å². The minimum Gasteiger partial charge on any atom is -0.382 e. The van der Waals surface area contributed by atoms with E-state index >= 15 is 0 Å². The van der Waals surface area contributed by atoms with E-state index in [1.807, 2.05) is 0 Å². The molecule has 1 rings (SSSR count). The molecule has 0 aromatic rings. The van der Waals surface area contributed by atoms with Gasteiger partial charge in [-0.05, 0) is 20.3 Å². The van der Waals surface area contributed by atoms with Gasteiger partial charge in [-0.25, -0.2) is 0 Å². The van der Waals surface area contributed by atoms with E-state index in [1.165, 1.54) is 11.3 Å². The van der Waals surface area contributed by atoms with Crippen LogP contribution in [0.25, 0.3) is 0 Å². The molecule has 50 valence electrons. The van der Waals surface area contributed by atoms with Crippen LogP contribution in [0.15, 0.2) is 23.9 Å². The van der Waals surface area contributed by atoms with Gasteiger partial charge in [-0.15, -0.1) is 0 Å². The number of nitrogens with one attached hydrogen (secondary N) is 1. The number of allylic oxidation sites excluding steroid dienone is 1. The Morgan fingerprint density at radius 1 is 1.89 bits per heavy atom. The summed E-state index contributed by atoms with van der Waals surface area (Å²) in [4.78, 5) is 0. The number of hydrogen-bond donors (Lipinski definition) is 1. The van der Waals surface area contributed by atoms with Gasteiger partial charge in [-0.3, -0.25) is 0 Å². The first-order valence-electron chi connectivity index (χ1n) is 3.29. The summed E-state index contributed by atoms with van der Waals surface area (Å²) in [6.07, 6.45) is 3.32. The van der Waals surface area contributed by atoms with Crippen molar-refractivity contribution in [1.29, 1.82) is 0 Å². The van der Waals surface area contributed by atoms with E-state index < -0.39 is 0 Å². The molecule has 0 saturated heterocycles. The zero-order valence-corrected chi connectivity index (χ0v) is 6.07. The largest absolute Gasteiger partial charge is 0.382 e. The fourth-order valence-corrected chi connectivity index (χ4v) is 1.01. The van der Waals surface area contributed by atoms with Gasteiger partial charge in [0.05, 0.1) is 0 Å². The molecule has 1 N–H and O–H groups in total. The fraction of sp³-hybridized carbons (Fsp3) is 0.500. The molecule has 0 fully saturated rings. The van der Waals surface area contributed by atoms with E-state index in [0.29, 0.717) is 6.04 Å². The van der Waals surface area contributed by atoms with E-state index in [0.717, 1.165) is 6.42 Å². The van der Waals surface area contributed by atoms with Crippen molar-refractivity contribution in [2.24, 2.45) is 0 Å². The van der Waals surface area contributed by atoms with Crippen LogP contribution < -0.4 is 5.32 Å². The Hall–Kier alpha value is -0.720. The van der Waals surface area contributed by atoms with Crippen molar-refractivity contribution in [3.8, 4) is 0 Å².